The van der Waals surface area contributed by atoms with E-state index >= 15 is 0 Å². The van der Waals surface area contributed by atoms with Gasteiger partial charge in [0.2, 0.25) is 11.8 Å². The largest absolute Gasteiger partial charge is 0.326 e. The molecule has 8 heteroatoms. The molecule has 1 aromatic heterocycles. The zero-order valence-electron chi connectivity index (χ0n) is 18.8. The molecule has 3 aromatic rings. The lowest BCUT2D eigenvalue weighted by atomic mass is 9.95. The summed E-state index contributed by atoms with van der Waals surface area (Å²) in [5.41, 5.74) is 1.92. The van der Waals surface area contributed by atoms with E-state index in [0.29, 0.717) is 27.4 Å². The molecule has 0 saturated heterocycles. The van der Waals surface area contributed by atoms with E-state index in [2.05, 4.69) is 10.6 Å². The Morgan fingerprint density at radius 3 is 2.30 bits per heavy atom. The molecular formula is C25H28N4O3S. The van der Waals surface area contributed by atoms with Crippen molar-refractivity contribution in [1.82, 2.24) is 9.55 Å². The van der Waals surface area contributed by atoms with Crippen molar-refractivity contribution < 1.29 is 9.59 Å². The van der Waals surface area contributed by atoms with E-state index in [1.54, 1.807) is 24.3 Å². The Morgan fingerprint density at radius 1 is 1.00 bits per heavy atom. The van der Waals surface area contributed by atoms with Crippen molar-refractivity contribution in [3.05, 3.63) is 58.9 Å². The number of rotatable bonds is 6. The minimum Gasteiger partial charge on any atom is -0.326 e. The van der Waals surface area contributed by atoms with Crippen molar-refractivity contribution in [1.29, 1.82) is 0 Å². The predicted octanol–water partition coefficient (Wildman–Crippen LogP) is 4.98. The quantitative estimate of drug-likeness (QED) is 0.396. The summed E-state index contributed by atoms with van der Waals surface area (Å²) in [6, 6.07) is 14.5. The second-order valence-electron chi connectivity index (χ2n) is 8.39. The molecule has 2 amide bonds. The standard InChI is InChI=1S/C25H28N4O3S/c1-16(23(31)27-19-14-12-18(13-15-19)26-17(2)30)33-25-28-22-11-7-6-10-21(22)24(32)29(25)20-8-4-3-5-9-20/h6-7,10-16,20H,3-5,8-9H2,1-2H3,(H,26,30)(H,27,31). The van der Waals surface area contributed by atoms with E-state index in [-0.39, 0.29) is 23.4 Å². The minimum absolute atomic E-state index is 0.0313. The molecule has 4 rings (SSSR count). The van der Waals surface area contributed by atoms with Gasteiger partial charge in [-0.1, -0.05) is 43.2 Å². The van der Waals surface area contributed by atoms with E-state index in [1.165, 1.54) is 25.1 Å². The number of carbonyl (C=O) groups is 2. The lowest BCUT2D eigenvalue weighted by Gasteiger charge is -2.26. The van der Waals surface area contributed by atoms with Crippen LogP contribution in [0.25, 0.3) is 10.9 Å². The summed E-state index contributed by atoms with van der Waals surface area (Å²) in [5, 5.41) is 6.36. The normalized spacial score (nSPS) is 15.2. The zero-order chi connectivity index (χ0) is 23.4. The van der Waals surface area contributed by atoms with Crippen LogP contribution in [0.2, 0.25) is 0 Å². The summed E-state index contributed by atoms with van der Waals surface area (Å²) in [4.78, 5) is 42.2. The number of aromatic nitrogens is 2. The van der Waals surface area contributed by atoms with Crippen LogP contribution in [0.4, 0.5) is 11.4 Å². The third-order valence-corrected chi connectivity index (χ3v) is 6.91. The van der Waals surface area contributed by atoms with Crippen molar-refractivity contribution in [3.8, 4) is 0 Å². The van der Waals surface area contributed by atoms with Gasteiger partial charge in [0.25, 0.3) is 5.56 Å². The molecule has 2 aromatic carbocycles. The fraction of sp³-hybridized carbons (Fsp3) is 0.360. The van der Waals surface area contributed by atoms with Gasteiger partial charge in [0.05, 0.1) is 16.2 Å². The van der Waals surface area contributed by atoms with Crippen molar-refractivity contribution in [2.24, 2.45) is 0 Å². The van der Waals surface area contributed by atoms with Gasteiger partial charge in [0.15, 0.2) is 5.16 Å². The number of nitrogens with zero attached hydrogens (tertiary/aromatic N) is 2. The van der Waals surface area contributed by atoms with Crippen LogP contribution in [-0.4, -0.2) is 26.6 Å². The highest BCUT2D eigenvalue weighted by Crippen LogP contribution is 2.32. The third kappa shape index (κ3) is 5.45. The van der Waals surface area contributed by atoms with Crippen LogP contribution in [0.3, 0.4) is 0 Å². The number of anilines is 2. The lowest BCUT2D eigenvalue weighted by molar-refractivity contribution is -0.115. The van der Waals surface area contributed by atoms with Gasteiger partial charge in [0.1, 0.15) is 0 Å². The number of fused-ring (bicyclic) bond motifs is 1. The fourth-order valence-corrected chi connectivity index (χ4v) is 5.14. The zero-order valence-corrected chi connectivity index (χ0v) is 19.7. The van der Waals surface area contributed by atoms with E-state index in [9.17, 15) is 14.4 Å². The third-order valence-electron chi connectivity index (χ3n) is 5.84. The Morgan fingerprint density at radius 2 is 1.64 bits per heavy atom. The van der Waals surface area contributed by atoms with E-state index in [4.69, 9.17) is 4.98 Å². The number of hydrogen-bond donors (Lipinski definition) is 2. The maximum absolute atomic E-state index is 13.4. The average Bonchev–Trinajstić information content (AvgIpc) is 2.81. The van der Waals surface area contributed by atoms with Crippen molar-refractivity contribution in [3.63, 3.8) is 0 Å². The van der Waals surface area contributed by atoms with Crippen LogP contribution in [0.1, 0.15) is 52.0 Å². The van der Waals surface area contributed by atoms with Gasteiger partial charge in [-0.2, -0.15) is 0 Å². The predicted molar refractivity (Wildman–Crippen MR) is 133 cm³/mol. The smallest absolute Gasteiger partial charge is 0.262 e. The first-order valence-electron chi connectivity index (χ1n) is 11.3. The summed E-state index contributed by atoms with van der Waals surface area (Å²) in [6.45, 7) is 3.26. The molecule has 33 heavy (non-hydrogen) atoms. The highest BCUT2D eigenvalue weighted by molar-refractivity contribution is 8.00. The molecule has 1 saturated carbocycles. The van der Waals surface area contributed by atoms with Crippen molar-refractivity contribution in [2.45, 2.75) is 62.4 Å². The van der Waals surface area contributed by atoms with Crippen molar-refractivity contribution >= 4 is 45.9 Å². The summed E-state index contributed by atoms with van der Waals surface area (Å²) < 4.78 is 1.82. The van der Waals surface area contributed by atoms with Crippen LogP contribution in [-0.2, 0) is 9.59 Å². The van der Waals surface area contributed by atoms with Crippen LogP contribution in [0, 0.1) is 0 Å². The summed E-state index contributed by atoms with van der Waals surface area (Å²) in [7, 11) is 0. The number of benzene rings is 2. The molecule has 1 aliphatic carbocycles. The second kappa shape index (κ2) is 10.2. The van der Waals surface area contributed by atoms with E-state index in [0.717, 1.165) is 25.7 Å². The number of hydrogen-bond acceptors (Lipinski definition) is 5. The van der Waals surface area contributed by atoms with Crippen LogP contribution < -0.4 is 16.2 Å². The molecule has 0 spiro atoms. The van der Waals surface area contributed by atoms with Crippen LogP contribution >= 0.6 is 11.8 Å². The topological polar surface area (TPSA) is 93.1 Å². The molecule has 7 nitrogen and oxygen atoms in total. The van der Waals surface area contributed by atoms with Gasteiger partial charge < -0.3 is 10.6 Å². The first-order chi connectivity index (χ1) is 15.9. The number of carbonyl (C=O) groups excluding carboxylic acids is 2. The molecule has 0 bridgehead atoms. The Labute approximate surface area is 197 Å². The Hall–Kier alpha value is -3.13. The molecule has 1 atom stereocenters. The molecule has 1 heterocycles. The van der Waals surface area contributed by atoms with Gasteiger partial charge in [-0.25, -0.2) is 4.98 Å². The molecule has 0 radical (unpaired) electrons. The van der Waals surface area contributed by atoms with E-state index < -0.39 is 5.25 Å². The van der Waals surface area contributed by atoms with Gasteiger partial charge >= 0.3 is 0 Å². The molecule has 1 aliphatic rings. The second-order valence-corrected chi connectivity index (χ2v) is 9.69. The van der Waals surface area contributed by atoms with Crippen molar-refractivity contribution in [2.75, 3.05) is 10.6 Å². The number of para-hydroxylation sites is 1. The SMILES string of the molecule is CC(=O)Nc1ccc(NC(=O)C(C)Sc2nc3ccccc3c(=O)n2C2CCCCC2)cc1. The number of amides is 2. The Kier molecular flexibility index (Phi) is 7.13. The van der Waals surface area contributed by atoms with Gasteiger partial charge in [-0.15, -0.1) is 0 Å². The fourth-order valence-electron chi connectivity index (χ4n) is 4.17. The molecule has 172 valence electrons. The molecular weight excluding hydrogens is 436 g/mol. The first kappa shape index (κ1) is 23.0. The summed E-state index contributed by atoms with van der Waals surface area (Å²) >= 11 is 1.31. The highest BCUT2D eigenvalue weighted by Gasteiger charge is 2.25. The average molecular weight is 465 g/mol. The summed E-state index contributed by atoms with van der Waals surface area (Å²) in [6.07, 6.45) is 5.29. The lowest BCUT2D eigenvalue weighted by Crippen LogP contribution is -2.30. The van der Waals surface area contributed by atoms with Gasteiger partial charge in [0, 0.05) is 24.3 Å². The van der Waals surface area contributed by atoms with Crippen LogP contribution in [0.15, 0.2) is 58.5 Å². The molecule has 1 fully saturated rings. The monoisotopic (exact) mass is 464 g/mol. The maximum atomic E-state index is 13.4. The molecule has 1 unspecified atom stereocenters. The van der Waals surface area contributed by atoms with E-state index in [1.807, 2.05) is 35.8 Å². The minimum atomic E-state index is -0.456. The molecule has 0 aliphatic heterocycles. The summed E-state index contributed by atoms with van der Waals surface area (Å²) in [5.74, 6) is -0.325. The van der Waals surface area contributed by atoms with Gasteiger partial charge in [-0.05, 0) is 56.2 Å². The number of thioether (sulfide) groups is 1. The first-order valence-corrected chi connectivity index (χ1v) is 12.2. The molecule has 2 N–H and O–H groups in total. The van der Waals surface area contributed by atoms with Gasteiger partial charge in [-0.3, -0.25) is 19.0 Å². The van der Waals surface area contributed by atoms with Crippen LogP contribution in [0.5, 0.6) is 0 Å². The number of nitrogens with one attached hydrogen (secondary N) is 2. The maximum Gasteiger partial charge on any atom is 0.262 e. The highest BCUT2D eigenvalue weighted by atomic mass is 32.2. The Balaban J connectivity index is 1.56. The Bertz CT molecular complexity index is 1220.